The number of carbonyl (C=O) groups is 1. The van der Waals surface area contributed by atoms with Gasteiger partial charge >= 0.3 is 0 Å². The number of rotatable bonds is 4. The third-order valence-corrected chi connectivity index (χ3v) is 2.88. The Labute approximate surface area is 105 Å². The van der Waals surface area contributed by atoms with Gasteiger partial charge in [-0.2, -0.15) is 0 Å². The number of carbonyl (C=O) groups excluding carboxylic acids is 1. The fourth-order valence-corrected chi connectivity index (χ4v) is 2.14. The van der Waals surface area contributed by atoms with Crippen LogP contribution in [0.3, 0.4) is 0 Å². The Morgan fingerprint density at radius 3 is 1.94 bits per heavy atom. The molecule has 0 atom stereocenters. The molecule has 0 saturated carbocycles. The van der Waals surface area contributed by atoms with Gasteiger partial charge < -0.3 is 4.90 Å². The van der Waals surface area contributed by atoms with Crippen molar-refractivity contribution < 1.29 is 4.79 Å². The summed E-state index contributed by atoms with van der Waals surface area (Å²) in [4.78, 5) is 14.2. The van der Waals surface area contributed by atoms with Gasteiger partial charge in [-0.05, 0) is 40.2 Å². The minimum atomic E-state index is 0.207. The Bertz CT molecular complexity index is 357. The number of amides is 1. The van der Waals surface area contributed by atoms with E-state index in [0.717, 1.165) is 5.56 Å². The van der Waals surface area contributed by atoms with Crippen LogP contribution in [0, 0.1) is 6.92 Å². The van der Waals surface area contributed by atoms with Crippen LogP contribution in [0.15, 0.2) is 24.3 Å². The molecular weight excluding hydrogens is 210 g/mol. The minimum Gasteiger partial charge on any atom is -0.338 e. The molecule has 2 heteroatoms. The van der Waals surface area contributed by atoms with Crippen LogP contribution in [0.1, 0.15) is 38.8 Å². The van der Waals surface area contributed by atoms with Crippen LogP contribution in [0.2, 0.25) is 0 Å². The van der Waals surface area contributed by atoms with E-state index in [9.17, 15) is 4.79 Å². The molecule has 0 aliphatic heterocycles. The number of hydrogen-bond acceptors (Lipinski definition) is 1. The lowest BCUT2D eigenvalue weighted by molar-refractivity contribution is -0.134. The van der Waals surface area contributed by atoms with Crippen LogP contribution in [-0.2, 0) is 11.2 Å². The lowest BCUT2D eigenvalue weighted by atomic mass is 10.1. The molecule has 0 fully saturated rings. The van der Waals surface area contributed by atoms with Gasteiger partial charge in [0, 0.05) is 12.1 Å². The van der Waals surface area contributed by atoms with E-state index >= 15 is 0 Å². The van der Waals surface area contributed by atoms with Gasteiger partial charge in [0.2, 0.25) is 5.91 Å². The zero-order chi connectivity index (χ0) is 13.0. The second-order valence-corrected chi connectivity index (χ2v) is 5.15. The minimum absolute atomic E-state index is 0.207. The third kappa shape index (κ3) is 3.88. The van der Waals surface area contributed by atoms with Crippen molar-refractivity contribution in [2.24, 2.45) is 0 Å². The summed E-state index contributed by atoms with van der Waals surface area (Å²) < 4.78 is 0. The van der Waals surface area contributed by atoms with E-state index in [2.05, 4.69) is 46.8 Å². The predicted octanol–water partition coefficient (Wildman–Crippen LogP) is 3.18. The molecule has 0 aliphatic rings. The molecular formula is C15H23NO. The van der Waals surface area contributed by atoms with Gasteiger partial charge in [0.15, 0.2) is 0 Å². The molecule has 0 radical (unpaired) electrons. The average molecular weight is 233 g/mol. The van der Waals surface area contributed by atoms with Gasteiger partial charge in [0.05, 0.1) is 6.42 Å². The standard InChI is InChI=1S/C15H23NO/c1-11(2)16(12(3)4)15(17)10-14-8-6-13(5)7-9-14/h6-9,11-12H,10H2,1-5H3. The zero-order valence-corrected chi connectivity index (χ0v) is 11.5. The van der Waals surface area contributed by atoms with Gasteiger partial charge in [-0.15, -0.1) is 0 Å². The second kappa shape index (κ2) is 5.85. The van der Waals surface area contributed by atoms with E-state index in [0.29, 0.717) is 6.42 Å². The Kier molecular flexibility index (Phi) is 4.73. The maximum Gasteiger partial charge on any atom is 0.227 e. The molecule has 1 rings (SSSR count). The fourth-order valence-electron chi connectivity index (χ4n) is 2.14. The summed E-state index contributed by atoms with van der Waals surface area (Å²) in [6, 6.07) is 8.69. The molecule has 0 N–H and O–H groups in total. The molecule has 17 heavy (non-hydrogen) atoms. The summed E-state index contributed by atoms with van der Waals surface area (Å²) in [7, 11) is 0. The maximum atomic E-state index is 12.2. The summed E-state index contributed by atoms with van der Waals surface area (Å²) in [6.45, 7) is 10.3. The lowest BCUT2D eigenvalue weighted by Crippen LogP contribution is -2.42. The smallest absolute Gasteiger partial charge is 0.227 e. The SMILES string of the molecule is Cc1ccc(CC(=O)N(C(C)C)C(C)C)cc1. The van der Waals surface area contributed by atoms with E-state index in [-0.39, 0.29) is 18.0 Å². The first-order chi connectivity index (χ1) is 7.91. The molecule has 0 aromatic heterocycles. The normalized spacial score (nSPS) is 11.0. The van der Waals surface area contributed by atoms with Crippen molar-refractivity contribution >= 4 is 5.91 Å². The first-order valence-electron chi connectivity index (χ1n) is 6.28. The van der Waals surface area contributed by atoms with Crippen LogP contribution >= 0.6 is 0 Å². The Morgan fingerprint density at radius 2 is 1.53 bits per heavy atom. The summed E-state index contributed by atoms with van der Waals surface area (Å²) in [5.74, 6) is 0.207. The molecule has 0 heterocycles. The molecule has 0 saturated heterocycles. The molecule has 0 bridgehead atoms. The highest BCUT2D eigenvalue weighted by Gasteiger charge is 2.19. The van der Waals surface area contributed by atoms with Gasteiger partial charge in [-0.3, -0.25) is 4.79 Å². The number of benzene rings is 1. The Hall–Kier alpha value is -1.31. The van der Waals surface area contributed by atoms with Crippen molar-refractivity contribution in [2.75, 3.05) is 0 Å². The van der Waals surface area contributed by atoms with Crippen LogP contribution in [0.25, 0.3) is 0 Å². The molecule has 1 amide bonds. The average Bonchev–Trinajstić information content (AvgIpc) is 2.20. The third-order valence-electron chi connectivity index (χ3n) is 2.88. The Morgan fingerprint density at radius 1 is 1.06 bits per heavy atom. The summed E-state index contributed by atoms with van der Waals surface area (Å²) in [5.41, 5.74) is 2.32. The van der Waals surface area contributed by atoms with Crippen LogP contribution in [0.5, 0.6) is 0 Å². The molecule has 1 aromatic rings. The largest absolute Gasteiger partial charge is 0.338 e. The van der Waals surface area contributed by atoms with Crippen LogP contribution in [-0.4, -0.2) is 22.9 Å². The summed E-state index contributed by atoms with van der Waals surface area (Å²) in [6.07, 6.45) is 0.497. The first kappa shape index (κ1) is 13.8. The molecule has 94 valence electrons. The fraction of sp³-hybridized carbons (Fsp3) is 0.533. The van der Waals surface area contributed by atoms with Gasteiger partial charge in [-0.25, -0.2) is 0 Å². The molecule has 2 nitrogen and oxygen atoms in total. The van der Waals surface area contributed by atoms with E-state index in [4.69, 9.17) is 0 Å². The summed E-state index contributed by atoms with van der Waals surface area (Å²) in [5, 5.41) is 0. The van der Waals surface area contributed by atoms with Crippen molar-refractivity contribution in [1.29, 1.82) is 0 Å². The van der Waals surface area contributed by atoms with Crippen molar-refractivity contribution in [3.63, 3.8) is 0 Å². The molecule has 0 spiro atoms. The molecule has 0 unspecified atom stereocenters. The van der Waals surface area contributed by atoms with Crippen molar-refractivity contribution in [3.8, 4) is 0 Å². The molecule has 1 aromatic carbocycles. The first-order valence-corrected chi connectivity index (χ1v) is 6.28. The summed E-state index contributed by atoms with van der Waals surface area (Å²) >= 11 is 0. The topological polar surface area (TPSA) is 20.3 Å². The van der Waals surface area contributed by atoms with Gasteiger partial charge in [0.1, 0.15) is 0 Å². The van der Waals surface area contributed by atoms with Gasteiger partial charge in [-0.1, -0.05) is 29.8 Å². The molecule has 0 aliphatic carbocycles. The highest BCUT2D eigenvalue weighted by Crippen LogP contribution is 2.10. The monoisotopic (exact) mass is 233 g/mol. The number of nitrogens with zero attached hydrogens (tertiary/aromatic N) is 1. The van der Waals surface area contributed by atoms with E-state index in [1.165, 1.54) is 5.56 Å². The highest BCUT2D eigenvalue weighted by molar-refractivity contribution is 5.79. The zero-order valence-electron chi connectivity index (χ0n) is 11.5. The quantitative estimate of drug-likeness (QED) is 0.782. The predicted molar refractivity (Wildman–Crippen MR) is 72.0 cm³/mol. The number of hydrogen-bond donors (Lipinski definition) is 0. The van der Waals surface area contributed by atoms with E-state index < -0.39 is 0 Å². The highest BCUT2D eigenvalue weighted by atomic mass is 16.2. The van der Waals surface area contributed by atoms with Crippen molar-refractivity contribution in [1.82, 2.24) is 4.90 Å². The van der Waals surface area contributed by atoms with Crippen LogP contribution < -0.4 is 0 Å². The van der Waals surface area contributed by atoms with Crippen molar-refractivity contribution in [2.45, 2.75) is 53.1 Å². The number of aryl methyl sites for hydroxylation is 1. The second-order valence-electron chi connectivity index (χ2n) is 5.15. The lowest BCUT2D eigenvalue weighted by Gasteiger charge is -2.31. The van der Waals surface area contributed by atoms with E-state index in [1.807, 2.05) is 17.0 Å². The van der Waals surface area contributed by atoms with Crippen LogP contribution in [0.4, 0.5) is 0 Å². The maximum absolute atomic E-state index is 12.2. The van der Waals surface area contributed by atoms with Gasteiger partial charge in [0.25, 0.3) is 0 Å². The van der Waals surface area contributed by atoms with E-state index in [1.54, 1.807) is 0 Å². The Balaban J connectivity index is 2.73. The van der Waals surface area contributed by atoms with Crippen molar-refractivity contribution in [3.05, 3.63) is 35.4 Å².